The van der Waals surface area contributed by atoms with Gasteiger partial charge in [-0.1, -0.05) is 6.92 Å². The number of nitrogens with one attached hydrogen (secondary N) is 2. The second kappa shape index (κ2) is 8.66. The van der Waals surface area contributed by atoms with Gasteiger partial charge in [-0.15, -0.1) is 10.2 Å². The molecule has 0 saturated heterocycles. The minimum atomic E-state index is -0.307. The van der Waals surface area contributed by atoms with Crippen LogP contribution in [0.2, 0.25) is 0 Å². The maximum Gasteiger partial charge on any atom is 0.274 e. The summed E-state index contributed by atoms with van der Waals surface area (Å²) in [5, 5.41) is 11.5. The first-order chi connectivity index (χ1) is 11.6. The molecule has 0 aliphatic heterocycles. The molecule has 0 amide bonds. The first-order valence-electron chi connectivity index (χ1n) is 7.76. The molecule has 2 rings (SSSR count). The van der Waals surface area contributed by atoms with Crippen LogP contribution in [-0.2, 0) is 0 Å². The Labute approximate surface area is 139 Å². The number of aromatic nitrogens is 3. The van der Waals surface area contributed by atoms with Gasteiger partial charge in [0.05, 0.1) is 19.4 Å². The molecule has 0 aliphatic carbocycles. The molecule has 0 fully saturated rings. The van der Waals surface area contributed by atoms with E-state index in [1.807, 2.05) is 32.0 Å². The van der Waals surface area contributed by atoms with Crippen LogP contribution in [0.25, 0.3) is 0 Å². The van der Waals surface area contributed by atoms with Gasteiger partial charge in [0.2, 0.25) is 5.95 Å². The molecule has 2 aromatic rings. The molecule has 128 valence electrons. The highest BCUT2D eigenvalue weighted by atomic mass is 16.5. The van der Waals surface area contributed by atoms with E-state index in [2.05, 4.69) is 25.7 Å². The smallest absolute Gasteiger partial charge is 0.274 e. The van der Waals surface area contributed by atoms with Crippen LogP contribution in [-0.4, -0.2) is 34.6 Å². The lowest BCUT2D eigenvalue weighted by molar-refractivity contribution is 0.277. The number of rotatable bonds is 8. The molecule has 1 heterocycles. The number of H-pyrrole nitrogens is 1. The van der Waals surface area contributed by atoms with Crippen LogP contribution in [0.15, 0.2) is 28.1 Å². The molecule has 0 radical (unpaired) electrons. The summed E-state index contributed by atoms with van der Waals surface area (Å²) in [6.07, 6.45) is 2.51. The number of ether oxygens (including phenoxy) is 2. The number of anilines is 1. The van der Waals surface area contributed by atoms with Gasteiger partial charge in [-0.25, -0.2) is 5.43 Å². The lowest BCUT2D eigenvalue weighted by atomic mass is 10.2. The van der Waals surface area contributed by atoms with E-state index in [0.717, 1.165) is 12.0 Å². The van der Waals surface area contributed by atoms with Crippen molar-refractivity contribution < 1.29 is 9.47 Å². The highest BCUT2D eigenvalue weighted by Crippen LogP contribution is 2.28. The number of hydrogen-bond acceptors (Lipinski definition) is 7. The Morgan fingerprint density at radius 1 is 1.25 bits per heavy atom. The number of hydrazone groups is 1. The van der Waals surface area contributed by atoms with Crippen molar-refractivity contribution in [3.8, 4) is 11.5 Å². The number of aryl methyl sites for hydroxylation is 1. The molecule has 0 saturated carbocycles. The third-order valence-corrected chi connectivity index (χ3v) is 2.97. The highest BCUT2D eigenvalue weighted by Gasteiger charge is 2.05. The third-order valence-electron chi connectivity index (χ3n) is 2.97. The average molecular weight is 331 g/mol. The van der Waals surface area contributed by atoms with Gasteiger partial charge in [0, 0.05) is 0 Å². The summed E-state index contributed by atoms with van der Waals surface area (Å²) in [7, 11) is 0. The molecule has 1 aromatic carbocycles. The molecular formula is C16H21N5O3. The summed E-state index contributed by atoms with van der Waals surface area (Å²) in [6.45, 7) is 6.72. The van der Waals surface area contributed by atoms with Crippen molar-refractivity contribution in [1.29, 1.82) is 0 Å². The molecule has 0 unspecified atom stereocenters. The lowest BCUT2D eigenvalue weighted by Crippen LogP contribution is -2.15. The van der Waals surface area contributed by atoms with Crippen molar-refractivity contribution in [1.82, 2.24) is 15.2 Å². The number of benzene rings is 1. The Hall–Kier alpha value is -2.90. The summed E-state index contributed by atoms with van der Waals surface area (Å²) in [6, 6.07) is 5.54. The van der Waals surface area contributed by atoms with E-state index < -0.39 is 0 Å². The van der Waals surface area contributed by atoms with Crippen molar-refractivity contribution in [2.75, 3.05) is 18.6 Å². The minimum absolute atomic E-state index is 0.176. The Kier molecular flexibility index (Phi) is 6.30. The number of aromatic amines is 1. The molecule has 0 spiro atoms. The summed E-state index contributed by atoms with van der Waals surface area (Å²) >= 11 is 0. The van der Waals surface area contributed by atoms with Gasteiger partial charge in [-0.2, -0.15) is 5.10 Å². The number of nitrogens with zero attached hydrogens (tertiary/aromatic N) is 3. The second-order valence-electron chi connectivity index (χ2n) is 4.95. The molecule has 2 N–H and O–H groups in total. The van der Waals surface area contributed by atoms with Crippen LogP contribution in [0, 0.1) is 6.92 Å². The molecule has 0 aliphatic rings. The fourth-order valence-electron chi connectivity index (χ4n) is 1.82. The first kappa shape index (κ1) is 17.5. The summed E-state index contributed by atoms with van der Waals surface area (Å²) in [5.41, 5.74) is 3.44. The fraction of sp³-hybridized carbons (Fsp3) is 0.375. The Morgan fingerprint density at radius 3 is 2.79 bits per heavy atom. The van der Waals surface area contributed by atoms with E-state index in [1.54, 1.807) is 13.1 Å². The van der Waals surface area contributed by atoms with Crippen molar-refractivity contribution in [3.63, 3.8) is 0 Å². The Morgan fingerprint density at radius 2 is 2.08 bits per heavy atom. The van der Waals surface area contributed by atoms with Gasteiger partial charge < -0.3 is 9.47 Å². The second-order valence-corrected chi connectivity index (χ2v) is 4.95. The Bertz CT molecular complexity index is 758. The van der Waals surface area contributed by atoms with Crippen molar-refractivity contribution in [3.05, 3.63) is 39.8 Å². The van der Waals surface area contributed by atoms with E-state index in [4.69, 9.17) is 9.47 Å². The highest BCUT2D eigenvalue weighted by molar-refractivity contribution is 5.81. The van der Waals surface area contributed by atoms with E-state index in [-0.39, 0.29) is 11.5 Å². The van der Waals surface area contributed by atoms with E-state index in [0.29, 0.717) is 30.4 Å². The maximum absolute atomic E-state index is 11.4. The van der Waals surface area contributed by atoms with Gasteiger partial charge in [0.15, 0.2) is 11.5 Å². The van der Waals surface area contributed by atoms with Crippen LogP contribution in [0.5, 0.6) is 11.5 Å². The quantitative estimate of drug-likeness (QED) is 0.567. The van der Waals surface area contributed by atoms with Crippen LogP contribution in [0.3, 0.4) is 0 Å². The zero-order valence-corrected chi connectivity index (χ0v) is 14.0. The zero-order valence-electron chi connectivity index (χ0n) is 14.0. The molecule has 0 atom stereocenters. The summed E-state index contributed by atoms with van der Waals surface area (Å²) < 4.78 is 11.2. The van der Waals surface area contributed by atoms with Gasteiger partial charge >= 0.3 is 0 Å². The molecule has 24 heavy (non-hydrogen) atoms. The normalized spacial score (nSPS) is 10.8. The van der Waals surface area contributed by atoms with Crippen molar-refractivity contribution in [2.24, 2.45) is 5.10 Å². The third kappa shape index (κ3) is 4.80. The molecular weight excluding hydrogens is 310 g/mol. The van der Waals surface area contributed by atoms with Gasteiger partial charge in [0.1, 0.15) is 5.69 Å². The molecule has 1 aromatic heterocycles. The minimum Gasteiger partial charge on any atom is -0.490 e. The van der Waals surface area contributed by atoms with Crippen LogP contribution in [0.4, 0.5) is 5.95 Å². The van der Waals surface area contributed by atoms with Gasteiger partial charge in [-0.3, -0.25) is 9.78 Å². The SMILES string of the molecule is CCCOc1ccc(/C=N\Nc2nnc(C)c(=O)[nH]2)cc1OCC. The van der Waals surface area contributed by atoms with Crippen molar-refractivity contribution in [2.45, 2.75) is 27.2 Å². The van der Waals surface area contributed by atoms with E-state index >= 15 is 0 Å². The first-order valence-corrected chi connectivity index (χ1v) is 7.76. The van der Waals surface area contributed by atoms with Gasteiger partial charge in [-0.05, 0) is 44.0 Å². The molecule has 8 nitrogen and oxygen atoms in total. The summed E-state index contributed by atoms with van der Waals surface area (Å²) in [4.78, 5) is 14.0. The standard InChI is InChI=1S/C16H21N5O3/c1-4-8-24-13-7-6-12(9-14(13)23-5-2)10-17-20-16-18-15(22)11(3)19-21-16/h6-7,9-10H,4-5,8H2,1-3H3,(H2,18,20,21,22)/b17-10-. The monoisotopic (exact) mass is 331 g/mol. The zero-order chi connectivity index (χ0) is 17.4. The molecule has 8 heteroatoms. The predicted molar refractivity (Wildman–Crippen MR) is 92.0 cm³/mol. The van der Waals surface area contributed by atoms with E-state index in [1.165, 1.54) is 0 Å². The maximum atomic E-state index is 11.4. The topological polar surface area (TPSA) is 101 Å². The number of hydrogen-bond donors (Lipinski definition) is 2. The average Bonchev–Trinajstić information content (AvgIpc) is 2.58. The van der Waals surface area contributed by atoms with Gasteiger partial charge in [0.25, 0.3) is 5.56 Å². The molecule has 0 bridgehead atoms. The Balaban J connectivity index is 2.09. The van der Waals surface area contributed by atoms with E-state index in [9.17, 15) is 4.79 Å². The lowest BCUT2D eigenvalue weighted by Gasteiger charge is -2.11. The summed E-state index contributed by atoms with van der Waals surface area (Å²) in [5.74, 6) is 1.55. The predicted octanol–water partition coefficient (Wildman–Crippen LogP) is 2.11. The van der Waals surface area contributed by atoms with Crippen molar-refractivity contribution >= 4 is 12.2 Å². The van der Waals surface area contributed by atoms with Crippen LogP contribution in [0.1, 0.15) is 31.5 Å². The van der Waals surface area contributed by atoms with Crippen LogP contribution >= 0.6 is 0 Å². The largest absolute Gasteiger partial charge is 0.490 e. The van der Waals surface area contributed by atoms with Crippen LogP contribution < -0.4 is 20.5 Å². The fourth-order valence-corrected chi connectivity index (χ4v) is 1.82.